The molecule has 0 radical (unpaired) electrons. The van der Waals surface area contributed by atoms with Gasteiger partial charge in [-0.15, -0.1) is 0 Å². The minimum Gasteiger partial charge on any atom is -0.460 e. The Hall–Kier alpha value is -3.28. The number of ether oxygens (including phenoxy) is 4. The predicted octanol–water partition coefficient (Wildman–Crippen LogP) is 1.85. The fraction of sp³-hybridized carbons (Fsp3) is 0.385. The van der Waals surface area contributed by atoms with Crippen LogP contribution in [0.15, 0.2) is 60.7 Å². The zero-order valence-corrected chi connectivity index (χ0v) is 22.0. The fourth-order valence-electron chi connectivity index (χ4n) is 2.91. The molecule has 0 spiro atoms. The minimum absolute atomic E-state index is 0.00493. The first-order chi connectivity index (χ1) is 18.0. The zero-order chi connectivity index (χ0) is 26.7. The van der Waals surface area contributed by atoms with E-state index >= 15 is 0 Å². The highest BCUT2D eigenvalue weighted by Gasteiger charge is 2.21. The van der Waals surface area contributed by atoms with Gasteiger partial charge >= 0.3 is 11.9 Å². The Kier molecular flexibility index (Phi) is 14.6. The van der Waals surface area contributed by atoms with E-state index in [9.17, 15) is 19.2 Å². The first kappa shape index (κ1) is 29.9. The molecule has 2 aromatic carbocycles. The van der Waals surface area contributed by atoms with E-state index in [4.69, 9.17) is 18.9 Å². The zero-order valence-electron chi connectivity index (χ0n) is 20.4. The summed E-state index contributed by atoms with van der Waals surface area (Å²) in [5.41, 5.74) is 1.94. The smallest absolute Gasteiger partial charge is 0.325 e. The van der Waals surface area contributed by atoms with E-state index in [2.05, 4.69) is 21.2 Å². The van der Waals surface area contributed by atoms with E-state index in [0.29, 0.717) is 32.9 Å². The molecule has 0 atom stereocenters. The third kappa shape index (κ3) is 13.6. The average Bonchev–Trinajstić information content (AvgIpc) is 2.94. The van der Waals surface area contributed by atoms with Gasteiger partial charge in [0.05, 0.1) is 13.2 Å². The Morgan fingerprint density at radius 3 is 1.86 bits per heavy atom. The van der Waals surface area contributed by atoms with Crippen LogP contribution in [0.5, 0.6) is 0 Å². The van der Waals surface area contributed by atoms with Crippen molar-refractivity contribution in [2.45, 2.75) is 13.2 Å². The SMILES string of the molecule is O=C(CBr)OCc1ccccc1.O=C(CN1CCOCC1=O)OCc1ccccc1.O=C1COCCN1. The number of morpholine rings is 2. The lowest BCUT2D eigenvalue weighted by Gasteiger charge is -2.25. The molecule has 10 nitrogen and oxygen atoms in total. The molecule has 4 rings (SSSR count). The first-order valence-corrected chi connectivity index (χ1v) is 12.7. The Labute approximate surface area is 224 Å². The normalized spacial score (nSPS) is 14.7. The van der Waals surface area contributed by atoms with Crippen molar-refractivity contribution in [3.05, 3.63) is 71.8 Å². The van der Waals surface area contributed by atoms with E-state index < -0.39 is 5.97 Å². The maximum absolute atomic E-state index is 11.6. The van der Waals surface area contributed by atoms with Crippen molar-refractivity contribution >= 4 is 39.7 Å². The van der Waals surface area contributed by atoms with Crippen molar-refractivity contribution in [2.24, 2.45) is 0 Å². The van der Waals surface area contributed by atoms with Gasteiger partial charge in [0.2, 0.25) is 11.8 Å². The van der Waals surface area contributed by atoms with Gasteiger partial charge in [-0.2, -0.15) is 0 Å². The van der Waals surface area contributed by atoms with Crippen LogP contribution < -0.4 is 5.32 Å². The number of rotatable bonds is 7. The molecule has 0 aromatic heterocycles. The third-order valence-corrected chi connectivity index (χ3v) is 5.26. The summed E-state index contributed by atoms with van der Waals surface area (Å²) in [6.07, 6.45) is 0. The molecular weight excluding hydrogens is 548 g/mol. The van der Waals surface area contributed by atoms with E-state index in [1.165, 1.54) is 4.90 Å². The molecule has 0 saturated carbocycles. The largest absolute Gasteiger partial charge is 0.460 e. The molecule has 1 N–H and O–H groups in total. The molecule has 2 heterocycles. The van der Waals surface area contributed by atoms with Crippen LogP contribution in [0.4, 0.5) is 0 Å². The molecular formula is C26H31BrN2O8. The van der Waals surface area contributed by atoms with Crippen molar-refractivity contribution in [3.8, 4) is 0 Å². The number of halogens is 1. The first-order valence-electron chi connectivity index (χ1n) is 11.6. The summed E-state index contributed by atoms with van der Waals surface area (Å²) in [5.74, 6) is -0.808. The number of benzene rings is 2. The quantitative estimate of drug-likeness (QED) is 0.390. The van der Waals surface area contributed by atoms with Gasteiger partial charge in [0, 0.05) is 13.1 Å². The molecule has 2 aromatic rings. The summed E-state index contributed by atoms with van der Waals surface area (Å²) >= 11 is 3.01. The maximum Gasteiger partial charge on any atom is 0.325 e. The van der Waals surface area contributed by atoms with E-state index in [1.54, 1.807) is 0 Å². The van der Waals surface area contributed by atoms with Crippen LogP contribution in [0.1, 0.15) is 11.1 Å². The molecule has 37 heavy (non-hydrogen) atoms. The lowest BCUT2D eigenvalue weighted by molar-refractivity contribution is -0.155. The lowest BCUT2D eigenvalue weighted by Crippen LogP contribution is -2.44. The highest BCUT2D eigenvalue weighted by Crippen LogP contribution is 2.03. The van der Waals surface area contributed by atoms with Crippen LogP contribution >= 0.6 is 15.9 Å². The Morgan fingerprint density at radius 2 is 1.41 bits per heavy atom. The second-order valence-electron chi connectivity index (χ2n) is 7.70. The molecule has 11 heteroatoms. The molecule has 200 valence electrons. The number of carbonyl (C=O) groups excluding carboxylic acids is 4. The van der Waals surface area contributed by atoms with Crippen molar-refractivity contribution < 1.29 is 38.1 Å². The Morgan fingerprint density at radius 1 is 0.838 bits per heavy atom. The molecule has 2 aliphatic heterocycles. The lowest BCUT2D eigenvalue weighted by atomic mass is 10.2. The highest BCUT2D eigenvalue weighted by atomic mass is 79.9. The number of hydrogen-bond acceptors (Lipinski definition) is 8. The second kappa shape index (κ2) is 18.0. The van der Waals surface area contributed by atoms with Crippen LogP contribution in [-0.2, 0) is 51.3 Å². The molecule has 2 saturated heterocycles. The van der Waals surface area contributed by atoms with Gasteiger partial charge in [0.15, 0.2) is 0 Å². The number of nitrogens with one attached hydrogen (secondary N) is 1. The van der Waals surface area contributed by atoms with Crippen molar-refractivity contribution in [3.63, 3.8) is 0 Å². The van der Waals surface area contributed by atoms with Crippen LogP contribution in [-0.4, -0.2) is 80.0 Å². The second-order valence-corrected chi connectivity index (χ2v) is 8.26. The number of nitrogens with zero attached hydrogens (tertiary/aromatic N) is 1. The summed E-state index contributed by atoms with van der Waals surface area (Å²) in [7, 11) is 0. The van der Waals surface area contributed by atoms with Crippen LogP contribution in [0.2, 0.25) is 0 Å². The number of hydrogen-bond donors (Lipinski definition) is 1. The number of carbonyl (C=O) groups is 4. The standard InChI is InChI=1S/C13H15NO4.C9H9BrO2.C4H7NO2/c15-12-10-17-7-6-14(12)8-13(16)18-9-11-4-2-1-3-5-11;10-6-9(11)12-7-8-4-2-1-3-5-8;6-4-3-7-2-1-5-4/h1-5H,6-10H2;1-5H,6-7H2;1-3H2,(H,5,6). The third-order valence-electron chi connectivity index (χ3n) is 4.80. The average molecular weight is 579 g/mol. The van der Waals surface area contributed by atoms with Crippen LogP contribution in [0.3, 0.4) is 0 Å². The van der Waals surface area contributed by atoms with Crippen LogP contribution in [0.25, 0.3) is 0 Å². The summed E-state index contributed by atoms with van der Waals surface area (Å²) in [5, 5.41) is 2.87. The maximum atomic E-state index is 11.6. The minimum atomic E-state index is -0.394. The molecule has 0 aliphatic carbocycles. The van der Waals surface area contributed by atoms with E-state index in [0.717, 1.165) is 11.1 Å². The summed E-state index contributed by atoms with van der Waals surface area (Å²) < 4.78 is 19.7. The van der Waals surface area contributed by atoms with Crippen LogP contribution in [0, 0.1) is 0 Å². The fourth-order valence-corrected chi connectivity index (χ4v) is 3.07. The molecule has 2 amide bonds. The molecule has 0 bridgehead atoms. The van der Waals surface area contributed by atoms with Gasteiger partial charge in [0.25, 0.3) is 0 Å². The summed E-state index contributed by atoms with van der Waals surface area (Å²) in [4.78, 5) is 45.4. The number of esters is 2. The van der Waals surface area contributed by atoms with Crippen molar-refractivity contribution in [2.75, 3.05) is 51.4 Å². The number of alkyl halides is 1. The van der Waals surface area contributed by atoms with Crippen molar-refractivity contribution in [1.82, 2.24) is 10.2 Å². The number of amides is 2. The van der Waals surface area contributed by atoms with Gasteiger partial charge in [-0.05, 0) is 11.1 Å². The summed E-state index contributed by atoms with van der Waals surface area (Å²) in [6.45, 7) is 3.10. The monoisotopic (exact) mass is 578 g/mol. The van der Waals surface area contributed by atoms with Gasteiger partial charge in [-0.1, -0.05) is 76.6 Å². The molecule has 0 unspecified atom stereocenters. The van der Waals surface area contributed by atoms with Gasteiger partial charge in [-0.3, -0.25) is 19.2 Å². The Balaban J connectivity index is 0.000000217. The Bertz CT molecular complexity index is 967. The van der Waals surface area contributed by atoms with Gasteiger partial charge in [-0.25, -0.2) is 0 Å². The predicted molar refractivity (Wildman–Crippen MR) is 137 cm³/mol. The van der Waals surface area contributed by atoms with Crippen molar-refractivity contribution in [1.29, 1.82) is 0 Å². The van der Waals surface area contributed by atoms with Gasteiger partial charge < -0.3 is 29.2 Å². The van der Waals surface area contributed by atoms with Gasteiger partial charge in [0.1, 0.15) is 38.3 Å². The highest BCUT2D eigenvalue weighted by molar-refractivity contribution is 9.09. The van der Waals surface area contributed by atoms with E-state index in [-0.39, 0.29) is 49.5 Å². The molecule has 2 aliphatic rings. The summed E-state index contributed by atoms with van der Waals surface area (Å²) in [6, 6.07) is 19.0. The van der Waals surface area contributed by atoms with E-state index in [1.807, 2.05) is 60.7 Å². The molecule has 2 fully saturated rings. The topological polar surface area (TPSA) is 120 Å².